The minimum absolute atomic E-state index is 0.00990. The largest absolute Gasteiger partial charge is 0.507 e. The van der Waals surface area contributed by atoms with E-state index in [9.17, 15) is 187 Å². The molecule has 0 unspecified atom stereocenters. The molecule has 41 nitrogen and oxygen atoms in total. The van der Waals surface area contributed by atoms with Crippen LogP contribution in [0.15, 0.2) is 204 Å². The number of hydrogen-bond donors (Lipinski definition) is 34. The van der Waals surface area contributed by atoms with Gasteiger partial charge in [0.2, 0.25) is 11.5 Å². The van der Waals surface area contributed by atoms with Crippen LogP contribution < -0.4 is 0 Å². The van der Waals surface area contributed by atoms with Crippen LogP contribution in [0.4, 0.5) is 0 Å². The summed E-state index contributed by atoms with van der Waals surface area (Å²) in [6.07, 6.45) is 0. The summed E-state index contributed by atoms with van der Waals surface area (Å²) >= 11 is 27.4. The highest BCUT2D eigenvalue weighted by Gasteiger charge is 2.32. The highest BCUT2D eigenvalue weighted by atomic mass is 79.9. The molecule has 0 aromatic heterocycles. The molecule has 0 spiro atoms. The monoisotopic (exact) mass is 2520 g/mol. The molecule has 734 valence electrons. The molecule has 14 aromatic carbocycles. The molecule has 0 heterocycles. The van der Waals surface area contributed by atoms with Crippen molar-refractivity contribution in [2.24, 2.45) is 0 Å². The van der Waals surface area contributed by atoms with Gasteiger partial charge in [-0.25, -0.2) is 0 Å². The van der Waals surface area contributed by atoms with Gasteiger partial charge in [0.1, 0.15) is 11.5 Å². The summed E-state index contributed by atoms with van der Waals surface area (Å²) in [5.74, 6) is -23.1. The molecule has 0 radical (unpaired) electrons. The second-order valence-corrected chi connectivity index (χ2v) is 35.4. The van der Waals surface area contributed by atoms with E-state index in [4.69, 9.17) is 20.4 Å². The smallest absolute Gasteiger partial charge is 0.202 e. The molecule has 0 fully saturated rings. The van der Waals surface area contributed by atoms with E-state index in [1.165, 1.54) is 48.5 Å². The van der Waals surface area contributed by atoms with Crippen molar-refractivity contribution in [1.29, 1.82) is 0 Å². The van der Waals surface area contributed by atoms with Gasteiger partial charge in [-0.2, -0.15) is 0 Å². The fourth-order valence-electron chi connectivity index (χ4n) is 11.3. The summed E-state index contributed by atoms with van der Waals surface area (Å²) in [6.45, 7) is 0. The fraction of sp³-hybridized carbons (Fsp3) is 0. The van der Waals surface area contributed by atoms with Crippen LogP contribution in [0.2, 0.25) is 0 Å². The molecular formula is C91H61Br9O41. The Balaban J connectivity index is 0.000000202. The summed E-state index contributed by atoms with van der Waals surface area (Å²) in [6, 6.07) is 29.0. The molecular weight excluding hydrogens is 2470 g/mol. The van der Waals surface area contributed by atoms with Gasteiger partial charge < -0.3 is 174 Å². The first-order valence-electron chi connectivity index (χ1n) is 37.3. The maximum Gasteiger partial charge on any atom is 0.202 e. The molecule has 0 saturated carbocycles. The van der Waals surface area contributed by atoms with Gasteiger partial charge in [0, 0.05) is 85.7 Å². The topological polar surface area (TPSA) is 807 Å². The lowest BCUT2D eigenvalue weighted by atomic mass is 10.0. The number of rotatable bonds is 14. The van der Waals surface area contributed by atoms with E-state index in [-0.39, 0.29) is 154 Å². The molecule has 0 aliphatic heterocycles. The van der Waals surface area contributed by atoms with Crippen LogP contribution in [0.1, 0.15) is 111 Å². The van der Waals surface area contributed by atoms with Crippen molar-refractivity contribution in [2.75, 3.05) is 0 Å². The zero-order valence-corrected chi connectivity index (χ0v) is 83.3. The molecule has 14 aromatic rings. The normalized spacial score (nSPS) is 10.5. The van der Waals surface area contributed by atoms with E-state index in [2.05, 4.69) is 143 Å². The quantitative estimate of drug-likeness (QED) is 0.0273. The number of aromatic hydroxyl groups is 34. The van der Waals surface area contributed by atoms with Gasteiger partial charge >= 0.3 is 0 Å². The Morgan fingerprint density at radius 1 is 0.135 bits per heavy atom. The second kappa shape index (κ2) is 45.7. The van der Waals surface area contributed by atoms with Crippen LogP contribution in [0.25, 0.3) is 0 Å². The molecule has 0 aliphatic rings. The average molecular weight is 2530 g/mol. The number of benzene rings is 14. The van der Waals surface area contributed by atoms with Crippen molar-refractivity contribution in [1.82, 2.24) is 0 Å². The lowest BCUT2D eigenvalue weighted by Crippen LogP contribution is -2.06. The van der Waals surface area contributed by atoms with E-state index in [1.807, 2.05) is 0 Å². The van der Waals surface area contributed by atoms with E-state index in [1.54, 1.807) is 0 Å². The molecule has 0 aliphatic carbocycles. The van der Waals surface area contributed by atoms with Crippen LogP contribution in [-0.4, -0.2) is 214 Å². The van der Waals surface area contributed by atoms with E-state index in [0.29, 0.717) is 4.47 Å². The maximum absolute atomic E-state index is 12.7. The predicted octanol–water partition coefficient (Wildman–Crippen LogP) is 17.3. The van der Waals surface area contributed by atoms with E-state index >= 15 is 0 Å². The van der Waals surface area contributed by atoms with Crippen molar-refractivity contribution in [3.8, 4) is 195 Å². The van der Waals surface area contributed by atoms with Crippen molar-refractivity contribution in [3.05, 3.63) is 282 Å². The number of hydrogen-bond acceptors (Lipinski definition) is 41. The molecule has 34 N–H and O–H groups in total. The number of phenols is 34. The fourth-order valence-corrected chi connectivity index (χ4v) is 16.6. The van der Waals surface area contributed by atoms with E-state index < -0.39 is 196 Å². The number of carbonyl (C=O) groups is 7. The zero-order valence-electron chi connectivity index (χ0n) is 69.1. The highest BCUT2D eigenvalue weighted by Crippen LogP contribution is 2.53. The summed E-state index contributed by atoms with van der Waals surface area (Å²) in [4.78, 5) is 85.9. The van der Waals surface area contributed by atoms with Crippen LogP contribution in [0, 0.1) is 0 Å². The SMILES string of the molecule is O=C(c1cc(O)c(O)c(Br)c1Br)c1c(Br)c(O)c(O)c(O)c1Br.O=C(c1cc(O)c(O)c(O)c1)c1cc(O)c(O)cc1O.O=C(c1cc(O)c(O)cc1Br)c1cc(O)c(O)cc1Br.O=C(c1ccc(O)c(O)c1)c1c(Br)c(O)c(O)c(O)c1Br.O=C(c1ccc(O)c(O)c1)c1cc(O)c(O)c(O)c1.O=C(c1ccc(O)c(O)c1)c1cc(O)c(O)cc1Br.O=C(c1ccc(O)c(O)c1)c1cc(O)c(O)cc1O. The molecule has 141 heavy (non-hydrogen) atoms. The minimum Gasteiger partial charge on any atom is -0.507 e. The Labute approximate surface area is 861 Å². The minimum atomic E-state index is -0.830. The van der Waals surface area contributed by atoms with Gasteiger partial charge in [-0.05, 0) is 295 Å². The van der Waals surface area contributed by atoms with Crippen molar-refractivity contribution in [3.63, 3.8) is 0 Å². The molecule has 0 bridgehead atoms. The number of halogens is 9. The van der Waals surface area contributed by atoms with Gasteiger partial charge in [-0.3, -0.25) is 33.6 Å². The van der Waals surface area contributed by atoms with Crippen LogP contribution in [0.3, 0.4) is 0 Å². The van der Waals surface area contributed by atoms with Gasteiger partial charge in [-0.1, -0.05) is 0 Å². The van der Waals surface area contributed by atoms with Gasteiger partial charge in [0.25, 0.3) is 0 Å². The first-order chi connectivity index (χ1) is 65.6. The molecule has 0 amide bonds. The molecule has 14 rings (SSSR count). The average Bonchev–Trinajstić information content (AvgIpc) is 0.760. The van der Waals surface area contributed by atoms with E-state index in [0.717, 1.165) is 115 Å². The van der Waals surface area contributed by atoms with Gasteiger partial charge in [0.05, 0.1) is 44.6 Å². The Hall–Kier alpha value is -15.7. The van der Waals surface area contributed by atoms with Crippen LogP contribution >= 0.6 is 143 Å². The first kappa shape index (κ1) is 111. The number of phenolic OH excluding ortho intramolecular Hbond substituents is 34. The lowest BCUT2D eigenvalue weighted by molar-refractivity contribution is 0.102. The van der Waals surface area contributed by atoms with Crippen molar-refractivity contribution >= 4 is 184 Å². The Kier molecular flexibility index (Phi) is 35.9. The molecule has 0 saturated heterocycles. The Morgan fingerprint density at radius 2 is 0.340 bits per heavy atom. The molecule has 0 atom stereocenters. The summed E-state index contributed by atoms with van der Waals surface area (Å²) in [7, 11) is 0. The third-order valence-electron chi connectivity index (χ3n) is 18.7. The summed E-state index contributed by atoms with van der Waals surface area (Å²) in [5, 5.41) is 319. The Bertz CT molecular complexity index is 7180. The van der Waals surface area contributed by atoms with Gasteiger partial charge in [0.15, 0.2) is 213 Å². The number of carbonyl (C=O) groups excluding carboxylic acids is 7. The predicted molar refractivity (Wildman–Crippen MR) is 520 cm³/mol. The standard InChI is InChI=1S/C13H6Br4O6.C13H8Br2O6.C13H8Br2O5.C13H9BrO5.C13H10O7.2C13H10O6/c14-5-2(1-3(18)10(20)8(5)17)9(19)4-6(15)11(21)13(23)12(22)7(4)16;14-8-7(9(15)12(20)13(21)11(8)19)10(18)4-1-2-5(16)6(17)3-4;14-7-3-11(18)9(16)1-5(7)13(20)6-2-10(17)12(19)4-8(6)15;14-8-5-12(18)11(17)4-7(8)13(19)6-1-2-9(15)10(16)3-6;14-7-4-9(16)8(15)3-6(7)12(19)5-1-10(17)13(20)11(18)2-5;14-8-2-1-6(3-10(8)16)13(19)7-4-11(17)12(18)5-9(7)15;14-8-2-1-6(3-9(8)15)12(18)7-4-10(16)13(19)11(17)5-7/h1,18,20-23H;1-3,16-17,19-21H;1-4,16-19H;1-5,15-18H;1-4,14-18,20H;1-5,14-18H;1-5,14-17,19H. The lowest BCUT2D eigenvalue weighted by Gasteiger charge is -2.14. The van der Waals surface area contributed by atoms with Crippen molar-refractivity contribution in [2.45, 2.75) is 0 Å². The highest BCUT2D eigenvalue weighted by molar-refractivity contribution is 9.13. The van der Waals surface area contributed by atoms with Crippen LogP contribution in [0.5, 0.6) is 195 Å². The maximum atomic E-state index is 12.7. The third-order valence-corrected chi connectivity index (χ3v) is 25.9. The number of ketones is 7. The molecule has 50 heteroatoms. The Morgan fingerprint density at radius 3 is 0.638 bits per heavy atom. The zero-order chi connectivity index (χ0) is 106. The third kappa shape index (κ3) is 25.1. The second-order valence-electron chi connectivity index (χ2n) is 28.0. The summed E-state index contributed by atoms with van der Waals surface area (Å²) in [5.41, 5.74) is -0.715. The summed E-state index contributed by atoms with van der Waals surface area (Å²) < 4.78 is 0.545. The van der Waals surface area contributed by atoms with Crippen LogP contribution in [-0.2, 0) is 0 Å². The first-order valence-corrected chi connectivity index (χ1v) is 44.5. The van der Waals surface area contributed by atoms with Gasteiger partial charge in [-0.15, -0.1) is 0 Å². The van der Waals surface area contributed by atoms with Crippen molar-refractivity contribution < 1.29 is 207 Å².